The zero-order valence-electron chi connectivity index (χ0n) is 9.05. The first kappa shape index (κ1) is 10.9. The van der Waals surface area contributed by atoms with Crippen LogP contribution in [0.25, 0.3) is 10.8 Å². The molecule has 84 valence electrons. The van der Waals surface area contributed by atoms with Crippen molar-refractivity contribution in [1.29, 1.82) is 0 Å². The maximum absolute atomic E-state index is 9.74. The van der Waals surface area contributed by atoms with Crippen LogP contribution in [0.15, 0.2) is 30.5 Å². The van der Waals surface area contributed by atoms with E-state index in [1.54, 1.807) is 13.3 Å². The molecule has 0 spiro atoms. The molecule has 2 aromatic rings. The maximum atomic E-state index is 9.74. The van der Waals surface area contributed by atoms with Gasteiger partial charge < -0.3 is 15.6 Å². The van der Waals surface area contributed by atoms with Crippen molar-refractivity contribution in [2.45, 2.75) is 6.10 Å². The summed E-state index contributed by atoms with van der Waals surface area (Å²) >= 11 is 0. The first-order chi connectivity index (χ1) is 7.76. The fourth-order valence-electron chi connectivity index (χ4n) is 1.68. The van der Waals surface area contributed by atoms with Crippen LogP contribution in [0.5, 0.6) is 5.75 Å². The van der Waals surface area contributed by atoms with E-state index in [9.17, 15) is 5.11 Å². The number of ether oxygens (including phenoxy) is 1. The van der Waals surface area contributed by atoms with Gasteiger partial charge in [0.25, 0.3) is 0 Å². The van der Waals surface area contributed by atoms with E-state index in [1.807, 2.05) is 24.3 Å². The SMILES string of the molecule is COc1ccc2c(C(O)CN)nccc2c1. The lowest BCUT2D eigenvalue weighted by Gasteiger charge is -2.11. The minimum absolute atomic E-state index is 0.165. The van der Waals surface area contributed by atoms with Crippen LogP contribution >= 0.6 is 0 Å². The van der Waals surface area contributed by atoms with Gasteiger partial charge in [0.05, 0.1) is 12.8 Å². The largest absolute Gasteiger partial charge is 0.497 e. The van der Waals surface area contributed by atoms with E-state index in [-0.39, 0.29) is 6.54 Å². The molecule has 0 aliphatic heterocycles. The molecule has 1 atom stereocenters. The van der Waals surface area contributed by atoms with Crippen LogP contribution in [0.4, 0.5) is 0 Å². The number of pyridine rings is 1. The highest BCUT2D eigenvalue weighted by Crippen LogP contribution is 2.25. The summed E-state index contributed by atoms with van der Waals surface area (Å²) in [6, 6.07) is 7.51. The molecule has 4 heteroatoms. The number of fused-ring (bicyclic) bond motifs is 1. The zero-order valence-corrected chi connectivity index (χ0v) is 9.05. The van der Waals surface area contributed by atoms with Crippen LogP contribution in [-0.2, 0) is 0 Å². The summed E-state index contributed by atoms with van der Waals surface area (Å²) in [6.07, 6.45) is 0.938. The van der Waals surface area contributed by atoms with Gasteiger partial charge >= 0.3 is 0 Å². The molecule has 2 rings (SSSR count). The van der Waals surface area contributed by atoms with Crippen molar-refractivity contribution in [2.24, 2.45) is 5.73 Å². The quantitative estimate of drug-likeness (QED) is 0.813. The lowest BCUT2D eigenvalue weighted by atomic mass is 10.1. The third-order valence-electron chi connectivity index (χ3n) is 2.54. The molecule has 0 saturated heterocycles. The van der Waals surface area contributed by atoms with Gasteiger partial charge in [0, 0.05) is 18.1 Å². The Morgan fingerprint density at radius 1 is 1.44 bits per heavy atom. The molecule has 0 aliphatic rings. The van der Waals surface area contributed by atoms with Crippen LogP contribution in [0.2, 0.25) is 0 Å². The molecule has 1 heterocycles. The fourth-order valence-corrected chi connectivity index (χ4v) is 1.68. The van der Waals surface area contributed by atoms with Crippen molar-refractivity contribution in [1.82, 2.24) is 4.98 Å². The summed E-state index contributed by atoms with van der Waals surface area (Å²) in [7, 11) is 1.62. The highest BCUT2D eigenvalue weighted by molar-refractivity contribution is 5.86. The van der Waals surface area contributed by atoms with Crippen LogP contribution < -0.4 is 10.5 Å². The monoisotopic (exact) mass is 218 g/mol. The molecular weight excluding hydrogens is 204 g/mol. The third kappa shape index (κ3) is 1.85. The second-order valence-electron chi connectivity index (χ2n) is 3.53. The van der Waals surface area contributed by atoms with Crippen LogP contribution in [0.3, 0.4) is 0 Å². The average molecular weight is 218 g/mol. The summed E-state index contributed by atoms with van der Waals surface area (Å²) in [5, 5.41) is 11.6. The van der Waals surface area contributed by atoms with Gasteiger partial charge in [0.1, 0.15) is 11.9 Å². The number of methoxy groups -OCH3 is 1. The fraction of sp³-hybridized carbons (Fsp3) is 0.250. The van der Waals surface area contributed by atoms with Gasteiger partial charge in [0.2, 0.25) is 0 Å². The van der Waals surface area contributed by atoms with E-state index in [0.29, 0.717) is 5.69 Å². The Morgan fingerprint density at radius 2 is 2.25 bits per heavy atom. The van der Waals surface area contributed by atoms with E-state index in [4.69, 9.17) is 10.5 Å². The summed E-state index contributed by atoms with van der Waals surface area (Å²) < 4.78 is 5.14. The predicted octanol–water partition coefficient (Wildman–Crippen LogP) is 1.24. The highest BCUT2D eigenvalue weighted by atomic mass is 16.5. The first-order valence-corrected chi connectivity index (χ1v) is 5.07. The Morgan fingerprint density at radius 3 is 2.94 bits per heavy atom. The average Bonchev–Trinajstić information content (AvgIpc) is 2.36. The zero-order chi connectivity index (χ0) is 11.5. The molecule has 0 radical (unpaired) electrons. The number of hydrogen-bond donors (Lipinski definition) is 2. The topological polar surface area (TPSA) is 68.4 Å². The highest BCUT2D eigenvalue weighted by Gasteiger charge is 2.11. The number of hydrogen-bond acceptors (Lipinski definition) is 4. The van der Waals surface area contributed by atoms with Crippen LogP contribution in [-0.4, -0.2) is 23.7 Å². The van der Waals surface area contributed by atoms with Crippen molar-refractivity contribution < 1.29 is 9.84 Å². The molecule has 16 heavy (non-hydrogen) atoms. The molecule has 1 aromatic heterocycles. The van der Waals surface area contributed by atoms with Gasteiger partial charge in [-0.1, -0.05) is 0 Å². The molecule has 0 saturated carbocycles. The van der Waals surface area contributed by atoms with Gasteiger partial charge in [0.15, 0.2) is 0 Å². The van der Waals surface area contributed by atoms with E-state index in [1.165, 1.54) is 0 Å². The number of benzene rings is 1. The second kappa shape index (κ2) is 4.47. The van der Waals surface area contributed by atoms with Crippen LogP contribution in [0.1, 0.15) is 11.8 Å². The summed E-state index contributed by atoms with van der Waals surface area (Å²) in [4.78, 5) is 4.16. The van der Waals surface area contributed by atoms with Gasteiger partial charge in [-0.25, -0.2) is 0 Å². The maximum Gasteiger partial charge on any atom is 0.119 e. The minimum Gasteiger partial charge on any atom is -0.497 e. The van der Waals surface area contributed by atoms with Crippen molar-refractivity contribution in [2.75, 3.05) is 13.7 Å². The Hall–Kier alpha value is -1.65. The number of aliphatic hydroxyl groups is 1. The van der Waals surface area contributed by atoms with Crippen molar-refractivity contribution in [3.05, 3.63) is 36.2 Å². The van der Waals surface area contributed by atoms with Crippen LogP contribution in [0, 0.1) is 0 Å². The van der Waals surface area contributed by atoms with E-state index < -0.39 is 6.10 Å². The van der Waals surface area contributed by atoms with Gasteiger partial charge in [-0.15, -0.1) is 0 Å². The normalized spacial score (nSPS) is 12.7. The van der Waals surface area contributed by atoms with Crippen molar-refractivity contribution >= 4 is 10.8 Å². The Kier molecular flexibility index (Phi) is 3.03. The number of nitrogens with zero attached hydrogens (tertiary/aromatic N) is 1. The van der Waals surface area contributed by atoms with Gasteiger partial charge in [-0.3, -0.25) is 4.98 Å². The molecule has 4 nitrogen and oxygen atoms in total. The molecular formula is C12H14N2O2. The lowest BCUT2D eigenvalue weighted by Crippen LogP contribution is -2.13. The number of nitrogens with two attached hydrogens (primary N) is 1. The molecule has 0 amide bonds. The number of aromatic nitrogens is 1. The van der Waals surface area contributed by atoms with Gasteiger partial charge in [-0.2, -0.15) is 0 Å². The Balaban J connectivity index is 2.60. The molecule has 0 aliphatic carbocycles. The smallest absolute Gasteiger partial charge is 0.119 e. The summed E-state index contributed by atoms with van der Waals surface area (Å²) in [5.41, 5.74) is 6.05. The Labute approximate surface area is 93.7 Å². The molecule has 1 aromatic carbocycles. The molecule has 0 fully saturated rings. The molecule has 0 bridgehead atoms. The first-order valence-electron chi connectivity index (χ1n) is 5.07. The predicted molar refractivity (Wildman–Crippen MR) is 62.3 cm³/mol. The third-order valence-corrected chi connectivity index (χ3v) is 2.54. The number of rotatable bonds is 3. The summed E-state index contributed by atoms with van der Waals surface area (Å²) in [5.74, 6) is 0.784. The second-order valence-corrected chi connectivity index (χ2v) is 3.53. The Bertz CT molecular complexity index is 499. The minimum atomic E-state index is -0.725. The lowest BCUT2D eigenvalue weighted by molar-refractivity contribution is 0.183. The molecule has 3 N–H and O–H groups in total. The van der Waals surface area contributed by atoms with E-state index in [2.05, 4.69) is 4.98 Å². The summed E-state index contributed by atoms with van der Waals surface area (Å²) in [6.45, 7) is 0.165. The van der Waals surface area contributed by atoms with E-state index >= 15 is 0 Å². The number of aliphatic hydroxyl groups excluding tert-OH is 1. The van der Waals surface area contributed by atoms with Crippen molar-refractivity contribution in [3.63, 3.8) is 0 Å². The van der Waals surface area contributed by atoms with Gasteiger partial charge in [-0.05, 0) is 29.7 Å². The van der Waals surface area contributed by atoms with E-state index in [0.717, 1.165) is 16.5 Å². The van der Waals surface area contributed by atoms with Crippen molar-refractivity contribution in [3.8, 4) is 5.75 Å². The standard InChI is InChI=1S/C12H14N2O2/c1-16-9-2-3-10-8(6-9)4-5-14-12(10)11(15)7-13/h2-6,11,15H,7,13H2,1H3. The molecule has 1 unspecified atom stereocenters.